The standard InChI is InChI=1S/C23H20Cl3N5O2S2/c1-31-20(3-2-10-33-19-9-8-16(25)11-17(19)26)29-30-23(31)35-13-21(32)28-22-27-18(12-34-22)14-4-6-15(24)7-5-14/h4-9,11-12H,2-3,10,13H2,1H3,(H,27,28,32). The van der Waals surface area contributed by atoms with Crippen molar-refractivity contribution < 1.29 is 9.53 Å². The fraction of sp³-hybridized carbons (Fsp3) is 0.217. The number of carbonyl (C=O) groups is 1. The highest BCUT2D eigenvalue weighted by Gasteiger charge is 2.13. The number of hydrogen-bond acceptors (Lipinski definition) is 7. The van der Waals surface area contributed by atoms with Crippen LogP contribution in [0.15, 0.2) is 53.0 Å². The minimum Gasteiger partial charge on any atom is -0.492 e. The molecule has 0 atom stereocenters. The molecule has 0 fully saturated rings. The molecule has 12 heteroatoms. The van der Waals surface area contributed by atoms with Gasteiger partial charge in [0.25, 0.3) is 0 Å². The Balaban J connectivity index is 1.22. The Bertz CT molecular complexity index is 1310. The van der Waals surface area contributed by atoms with Crippen LogP contribution in [0.3, 0.4) is 0 Å². The largest absolute Gasteiger partial charge is 0.492 e. The molecule has 0 aliphatic rings. The summed E-state index contributed by atoms with van der Waals surface area (Å²) in [6.07, 6.45) is 1.41. The van der Waals surface area contributed by atoms with Gasteiger partial charge in [-0.2, -0.15) is 0 Å². The Morgan fingerprint density at radius 2 is 1.89 bits per heavy atom. The number of benzene rings is 2. The molecule has 2 aromatic heterocycles. The quantitative estimate of drug-likeness (QED) is 0.171. The summed E-state index contributed by atoms with van der Waals surface area (Å²) in [5, 5.41) is 16.1. The van der Waals surface area contributed by atoms with E-state index in [1.165, 1.54) is 23.1 Å². The molecule has 1 N–H and O–H groups in total. The van der Waals surface area contributed by atoms with E-state index in [1.54, 1.807) is 18.2 Å². The second-order valence-corrected chi connectivity index (χ2v) is 10.4. The fourth-order valence-corrected chi connectivity index (χ4v) is 5.12. The monoisotopic (exact) mass is 567 g/mol. The van der Waals surface area contributed by atoms with Crippen molar-refractivity contribution in [3.8, 4) is 17.0 Å². The van der Waals surface area contributed by atoms with E-state index in [0.29, 0.717) is 44.1 Å². The highest BCUT2D eigenvalue weighted by atomic mass is 35.5. The summed E-state index contributed by atoms with van der Waals surface area (Å²) >= 11 is 20.6. The summed E-state index contributed by atoms with van der Waals surface area (Å²) in [6.45, 7) is 0.477. The molecule has 7 nitrogen and oxygen atoms in total. The number of nitrogens with one attached hydrogen (secondary N) is 1. The van der Waals surface area contributed by atoms with Gasteiger partial charge in [-0.3, -0.25) is 4.79 Å². The lowest BCUT2D eigenvalue weighted by Gasteiger charge is -2.08. The Morgan fingerprint density at radius 3 is 2.66 bits per heavy atom. The van der Waals surface area contributed by atoms with Crippen molar-refractivity contribution in [3.05, 3.63) is 68.7 Å². The van der Waals surface area contributed by atoms with Crippen LogP contribution in [0.2, 0.25) is 15.1 Å². The number of aromatic nitrogens is 4. The van der Waals surface area contributed by atoms with E-state index < -0.39 is 0 Å². The minimum absolute atomic E-state index is 0.162. The van der Waals surface area contributed by atoms with Crippen molar-refractivity contribution in [1.82, 2.24) is 19.7 Å². The van der Waals surface area contributed by atoms with Gasteiger partial charge in [0.05, 0.1) is 23.1 Å². The molecule has 0 bridgehead atoms. The lowest BCUT2D eigenvalue weighted by atomic mass is 10.2. The van der Waals surface area contributed by atoms with Crippen LogP contribution in [-0.2, 0) is 18.3 Å². The maximum Gasteiger partial charge on any atom is 0.236 e. The van der Waals surface area contributed by atoms with Crippen LogP contribution in [0.1, 0.15) is 12.2 Å². The first-order chi connectivity index (χ1) is 16.9. The predicted octanol–water partition coefficient (Wildman–Crippen LogP) is 6.64. The molecular formula is C23H20Cl3N5O2S2. The van der Waals surface area contributed by atoms with Gasteiger partial charge in [0, 0.05) is 34.5 Å². The zero-order chi connectivity index (χ0) is 24.8. The van der Waals surface area contributed by atoms with Gasteiger partial charge >= 0.3 is 0 Å². The predicted molar refractivity (Wildman–Crippen MR) is 143 cm³/mol. The first-order valence-corrected chi connectivity index (χ1v) is 13.5. The molecule has 35 heavy (non-hydrogen) atoms. The molecule has 1 amide bonds. The zero-order valence-electron chi connectivity index (χ0n) is 18.5. The highest BCUT2D eigenvalue weighted by Crippen LogP contribution is 2.28. The van der Waals surface area contributed by atoms with Crippen LogP contribution in [-0.4, -0.2) is 38.0 Å². The van der Waals surface area contributed by atoms with Crippen LogP contribution in [0.4, 0.5) is 5.13 Å². The third-order valence-electron chi connectivity index (χ3n) is 4.84. The lowest BCUT2D eigenvalue weighted by Crippen LogP contribution is -2.14. The van der Waals surface area contributed by atoms with E-state index in [-0.39, 0.29) is 11.7 Å². The normalized spacial score (nSPS) is 11.0. The molecule has 0 saturated heterocycles. The van der Waals surface area contributed by atoms with E-state index in [9.17, 15) is 4.79 Å². The fourth-order valence-electron chi connectivity index (χ4n) is 3.06. The van der Waals surface area contributed by atoms with Crippen LogP contribution in [0, 0.1) is 0 Å². The number of nitrogens with zero attached hydrogens (tertiary/aromatic N) is 4. The van der Waals surface area contributed by atoms with Crippen molar-refractivity contribution in [1.29, 1.82) is 0 Å². The van der Waals surface area contributed by atoms with Crippen molar-refractivity contribution in [2.75, 3.05) is 17.7 Å². The number of hydrogen-bond donors (Lipinski definition) is 1. The smallest absolute Gasteiger partial charge is 0.236 e. The highest BCUT2D eigenvalue weighted by molar-refractivity contribution is 7.99. The van der Waals surface area contributed by atoms with Gasteiger partial charge < -0.3 is 14.6 Å². The maximum atomic E-state index is 12.4. The van der Waals surface area contributed by atoms with Gasteiger partial charge in [0.15, 0.2) is 10.3 Å². The van der Waals surface area contributed by atoms with Gasteiger partial charge in [0.2, 0.25) is 5.91 Å². The molecular weight excluding hydrogens is 549 g/mol. The molecule has 182 valence electrons. The van der Waals surface area contributed by atoms with Crippen LogP contribution < -0.4 is 10.1 Å². The summed E-state index contributed by atoms with van der Waals surface area (Å²) in [5.41, 5.74) is 1.73. The Hall–Kier alpha value is -2.30. The molecule has 0 unspecified atom stereocenters. The maximum absolute atomic E-state index is 12.4. The Labute approximate surface area is 225 Å². The zero-order valence-corrected chi connectivity index (χ0v) is 22.4. The van der Waals surface area contributed by atoms with E-state index in [1.807, 2.05) is 41.3 Å². The summed E-state index contributed by atoms with van der Waals surface area (Å²) in [5.74, 6) is 1.44. The second-order valence-electron chi connectivity index (χ2n) is 7.37. The molecule has 4 aromatic rings. The Morgan fingerprint density at radius 1 is 1.11 bits per heavy atom. The second kappa shape index (κ2) is 12.1. The lowest BCUT2D eigenvalue weighted by molar-refractivity contribution is -0.113. The average Bonchev–Trinajstić information content (AvgIpc) is 3.43. The van der Waals surface area contributed by atoms with E-state index in [0.717, 1.165) is 23.5 Å². The van der Waals surface area contributed by atoms with E-state index >= 15 is 0 Å². The van der Waals surface area contributed by atoms with Crippen LogP contribution in [0.5, 0.6) is 5.75 Å². The first kappa shape index (κ1) is 25.8. The number of thiazole rings is 1. The molecule has 4 rings (SSSR count). The third-order valence-corrected chi connectivity index (χ3v) is 7.40. The SMILES string of the molecule is Cn1c(CCCOc2ccc(Cl)cc2Cl)nnc1SCC(=O)Nc1nc(-c2ccc(Cl)cc2)cs1. The number of amides is 1. The number of anilines is 1. The molecule has 2 heterocycles. The summed E-state index contributed by atoms with van der Waals surface area (Å²) in [7, 11) is 1.88. The molecule has 0 aliphatic carbocycles. The van der Waals surface area contributed by atoms with Crippen molar-refractivity contribution in [2.24, 2.45) is 7.05 Å². The first-order valence-electron chi connectivity index (χ1n) is 10.5. The summed E-state index contributed by atoms with van der Waals surface area (Å²) in [4.78, 5) is 16.9. The number of thioether (sulfide) groups is 1. The van der Waals surface area contributed by atoms with Crippen molar-refractivity contribution in [3.63, 3.8) is 0 Å². The number of aryl methyl sites for hydroxylation is 1. The number of halogens is 3. The van der Waals surface area contributed by atoms with Crippen molar-refractivity contribution >= 4 is 68.9 Å². The van der Waals surface area contributed by atoms with E-state index in [4.69, 9.17) is 39.5 Å². The number of rotatable bonds is 10. The number of ether oxygens (including phenoxy) is 1. The van der Waals surface area contributed by atoms with Gasteiger partial charge in [-0.05, 0) is 36.8 Å². The third kappa shape index (κ3) is 7.11. The number of carbonyl (C=O) groups excluding carboxylic acids is 1. The van der Waals surface area contributed by atoms with Crippen molar-refractivity contribution in [2.45, 2.75) is 18.0 Å². The molecule has 0 saturated carbocycles. The average molecular weight is 569 g/mol. The van der Waals surface area contributed by atoms with Gasteiger partial charge in [-0.25, -0.2) is 4.98 Å². The minimum atomic E-state index is -0.162. The van der Waals surface area contributed by atoms with Crippen LogP contribution in [0.25, 0.3) is 11.3 Å². The van der Waals surface area contributed by atoms with Gasteiger partial charge in [-0.1, -0.05) is 58.7 Å². The summed E-state index contributed by atoms with van der Waals surface area (Å²) < 4.78 is 7.60. The topological polar surface area (TPSA) is 81.9 Å². The van der Waals surface area contributed by atoms with Crippen LogP contribution >= 0.6 is 57.9 Å². The molecule has 0 spiro atoms. The molecule has 2 aromatic carbocycles. The van der Waals surface area contributed by atoms with Gasteiger partial charge in [-0.15, -0.1) is 21.5 Å². The molecule has 0 aliphatic heterocycles. The summed E-state index contributed by atoms with van der Waals surface area (Å²) in [6, 6.07) is 12.5. The Kier molecular flexibility index (Phi) is 8.91. The van der Waals surface area contributed by atoms with Gasteiger partial charge in [0.1, 0.15) is 11.6 Å². The molecule has 0 radical (unpaired) electrons. The van der Waals surface area contributed by atoms with E-state index in [2.05, 4.69) is 20.5 Å².